The van der Waals surface area contributed by atoms with E-state index in [2.05, 4.69) is 34.5 Å². The van der Waals surface area contributed by atoms with Crippen LogP contribution in [0.2, 0.25) is 0 Å². The van der Waals surface area contributed by atoms with Gasteiger partial charge in [-0.15, -0.1) is 0 Å². The molecule has 17 heavy (non-hydrogen) atoms. The summed E-state index contributed by atoms with van der Waals surface area (Å²) < 4.78 is 12.2. The molecule has 94 valence electrons. The molecule has 0 bridgehead atoms. The maximum atomic E-state index is 12.2. The van der Waals surface area contributed by atoms with E-state index in [4.69, 9.17) is 0 Å². The number of nitrogens with zero attached hydrogens (tertiary/aromatic N) is 1. The Morgan fingerprint density at radius 3 is 2.41 bits per heavy atom. The van der Waals surface area contributed by atoms with Crippen molar-refractivity contribution < 1.29 is 4.39 Å². The molecule has 3 heteroatoms. The van der Waals surface area contributed by atoms with Crippen molar-refractivity contribution in [1.29, 1.82) is 0 Å². The molecule has 1 heterocycles. The second-order valence-electron chi connectivity index (χ2n) is 4.68. The minimum absolute atomic E-state index is 0.221. The van der Waals surface area contributed by atoms with Gasteiger partial charge >= 0.3 is 0 Å². The number of hydrogen-bond acceptors (Lipinski definition) is 2. The fourth-order valence-electron chi connectivity index (χ4n) is 2.53. The first-order chi connectivity index (χ1) is 8.33. The second kappa shape index (κ2) is 6.01. The fraction of sp³-hybridized carbons (Fsp3) is 0.571. The summed E-state index contributed by atoms with van der Waals surface area (Å²) in [6.45, 7) is 2.44. The molecule has 0 aromatic heterocycles. The zero-order chi connectivity index (χ0) is 12.1. The van der Waals surface area contributed by atoms with E-state index in [0.29, 0.717) is 12.5 Å². The van der Waals surface area contributed by atoms with Gasteiger partial charge in [-0.1, -0.05) is 12.1 Å². The SMILES string of the molecule is CNc1ccc(C2CCN(CCF)CC2)cc1. The van der Waals surface area contributed by atoms with E-state index in [-0.39, 0.29) is 6.67 Å². The summed E-state index contributed by atoms with van der Waals surface area (Å²) in [7, 11) is 1.93. The Morgan fingerprint density at radius 2 is 1.88 bits per heavy atom. The maximum Gasteiger partial charge on any atom is 0.102 e. The smallest absolute Gasteiger partial charge is 0.102 e. The van der Waals surface area contributed by atoms with Gasteiger partial charge in [0, 0.05) is 19.3 Å². The average Bonchev–Trinajstić information content (AvgIpc) is 2.40. The summed E-state index contributed by atoms with van der Waals surface area (Å²) in [5.74, 6) is 0.650. The first-order valence-electron chi connectivity index (χ1n) is 6.39. The molecule has 0 aliphatic carbocycles. The van der Waals surface area contributed by atoms with Gasteiger partial charge in [-0.2, -0.15) is 0 Å². The van der Waals surface area contributed by atoms with E-state index >= 15 is 0 Å². The molecule has 1 N–H and O–H groups in total. The number of rotatable bonds is 4. The molecule has 1 aromatic rings. The van der Waals surface area contributed by atoms with Gasteiger partial charge in [0.15, 0.2) is 0 Å². The Kier molecular flexibility index (Phi) is 4.37. The van der Waals surface area contributed by atoms with Crippen LogP contribution in [0.25, 0.3) is 0 Å². The molecule has 1 aliphatic heterocycles. The highest BCUT2D eigenvalue weighted by atomic mass is 19.1. The molecular formula is C14H21FN2. The van der Waals surface area contributed by atoms with Crippen LogP contribution >= 0.6 is 0 Å². The van der Waals surface area contributed by atoms with Gasteiger partial charge in [0.05, 0.1) is 0 Å². The summed E-state index contributed by atoms with van der Waals surface area (Å²) in [6.07, 6.45) is 2.30. The van der Waals surface area contributed by atoms with Gasteiger partial charge in [0.25, 0.3) is 0 Å². The van der Waals surface area contributed by atoms with Gasteiger partial charge < -0.3 is 10.2 Å². The van der Waals surface area contributed by atoms with E-state index in [9.17, 15) is 4.39 Å². The summed E-state index contributed by atoms with van der Waals surface area (Å²) in [5, 5.41) is 3.13. The lowest BCUT2D eigenvalue weighted by atomic mass is 9.89. The van der Waals surface area contributed by atoms with Crippen molar-refractivity contribution in [3.8, 4) is 0 Å². The second-order valence-corrected chi connectivity index (χ2v) is 4.68. The zero-order valence-electron chi connectivity index (χ0n) is 10.5. The van der Waals surface area contributed by atoms with E-state index in [1.807, 2.05) is 7.05 Å². The van der Waals surface area contributed by atoms with Crippen molar-refractivity contribution in [2.24, 2.45) is 0 Å². The molecule has 2 nitrogen and oxygen atoms in total. The van der Waals surface area contributed by atoms with Gasteiger partial charge in [-0.3, -0.25) is 0 Å². The minimum atomic E-state index is -0.221. The summed E-state index contributed by atoms with van der Waals surface area (Å²) in [5.41, 5.74) is 2.58. The third-order valence-electron chi connectivity index (χ3n) is 3.66. The van der Waals surface area contributed by atoms with Gasteiger partial charge in [-0.25, -0.2) is 4.39 Å². The topological polar surface area (TPSA) is 15.3 Å². The van der Waals surface area contributed by atoms with Gasteiger partial charge in [-0.05, 0) is 49.5 Å². The molecule has 0 amide bonds. The van der Waals surface area contributed by atoms with E-state index in [1.165, 1.54) is 5.56 Å². The first kappa shape index (κ1) is 12.4. The number of nitrogens with one attached hydrogen (secondary N) is 1. The predicted molar refractivity (Wildman–Crippen MR) is 70.4 cm³/mol. The third kappa shape index (κ3) is 3.19. The number of benzene rings is 1. The monoisotopic (exact) mass is 236 g/mol. The predicted octanol–water partition coefficient (Wildman–Crippen LogP) is 2.88. The molecule has 1 saturated heterocycles. The van der Waals surface area contributed by atoms with Crippen molar-refractivity contribution >= 4 is 5.69 Å². The number of likely N-dealkylation sites (tertiary alicyclic amines) is 1. The Labute approximate surface area is 103 Å². The molecule has 0 saturated carbocycles. The van der Waals surface area contributed by atoms with Crippen LogP contribution in [-0.4, -0.2) is 38.3 Å². The molecule has 0 radical (unpaired) electrons. The largest absolute Gasteiger partial charge is 0.388 e. The molecular weight excluding hydrogens is 215 g/mol. The molecule has 0 atom stereocenters. The Bertz CT molecular complexity index is 329. The van der Waals surface area contributed by atoms with Crippen LogP contribution in [0.4, 0.5) is 10.1 Å². The lowest BCUT2D eigenvalue weighted by Crippen LogP contribution is -2.34. The Hall–Kier alpha value is -1.09. The Balaban J connectivity index is 1.91. The van der Waals surface area contributed by atoms with Crippen molar-refractivity contribution in [3.05, 3.63) is 29.8 Å². The van der Waals surface area contributed by atoms with Crippen LogP contribution in [0.5, 0.6) is 0 Å². The average molecular weight is 236 g/mol. The molecule has 1 fully saturated rings. The van der Waals surface area contributed by atoms with Crippen molar-refractivity contribution in [2.75, 3.05) is 38.7 Å². The lowest BCUT2D eigenvalue weighted by Gasteiger charge is -2.31. The van der Waals surface area contributed by atoms with Gasteiger partial charge in [0.2, 0.25) is 0 Å². The third-order valence-corrected chi connectivity index (χ3v) is 3.66. The van der Waals surface area contributed by atoms with Crippen molar-refractivity contribution in [3.63, 3.8) is 0 Å². The van der Waals surface area contributed by atoms with Crippen LogP contribution < -0.4 is 5.32 Å². The summed E-state index contributed by atoms with van der Waals surface area (Å²) in [4.78, 5) is 2.22. The molecule has 2 rings (SSSR count). The number of hydrogen-bond donors (Lipinski definition) is 1. The van der Waals surface area contributed by atoms with Crippen molar-refractivity contribution in [1.82, 2.24) is 4.90 Å². The van der Waals surface area contributed by atoms with Gasteiger partial charge in [0.1, 0.15) is 6.67 Å². The maximum absolute atomic E-state index is 12.2. The number of anilines is 1. The highest BCUT2D eigenvalue weighted by Crippen LogP contribution is 2.28. The minimum Gasteiger partial charge on any atom is -0.388 e. The van der Waals surface area contributed by atoms with Crippen molar-refractivity contribution in [2.45, 2.75) is 18.8 Å². The van der Waals surface area contributed by atoms with Crippen LogP contribution in [0.3, 0.4) is 0 Å². The number of piperidine rings is 1. The lowest BCUT2D eigenvalue weighted by molar-refractivity contribution is 0.197. The van der Waals surface area contributed by atoms with E-state index in [1.54, 1.807) is 0 Å². The standard InChI is InChI=1S/C14H21FN2/c1-16-14-4-2-12(3-5-14)13-6-9-17(10-7-13)11-8-15/h2-5,13,16H,6-11H2,1H3. The molecule has 0 unspecified atom stereocenters. The first-order valence-corrected chi connectivity index (χ1v) is 6.39. The number of alkyl halides is 1. The molecule has 1 aromatic carbocycles. The van der Waals surface area contributed by atoms with E-state index in [0.717, 1.165) is 31.6 Å². The quantitative estimate of drug-likeness (QED) is 0.864. The van der Waals surface area contributed by atoms with E-state index < -0.39 is 0 Å². The zero-order valence-corrected chi connectivity index (χ0v) is 10.5. The highest BCUT2D eigenvalue weighted by Gasteiger charge is 2.19. The Morgan fingerprint density at radius 1 is 1.24 bits per heavy atom. The van der Waals surface area contributed by atoms with Crippen LogP contribution in [0.15, 0.2) is 24.3 Å². The summed E-state index contributed by atoms with van der Waals surface area (Å²) >= 11 is 0. The summed E-state index contributed by atoms with van der Waals surface area (Å²) in [6, 6.07) is 8.68. The fourth-order valence-corrected chi connectivity index (χ4v) is 2.53. The van der Waals surface area contributed by atoms with Crippen LogP contribution in [0, 0.1) is 0 Å². The van der Waals surface area contributed by atoms with Crippen LogP contribution in [0.1, 0.15) is 24.3 Å². The van der Waals surface area contributed by atoms with Crippen LogP contribution in [-0.2, 0) is 0 Å². The molecule has 0 spiro atoms. The molecule has 1 aliphatic rings. The highest BCUT2D eigenvalue weighted by molar-refractivity contribution is 5.44. The normalized spacial score (nSPS) is 18.2. The number of halogens is 1.